The van der Waals surface area contributed by atoms with E-state index >= 15 is 0 Å². The van der Waals surface area contributed by atoms with Crippen molar-refractivity contribution in [1.29, 1.82) is 0 Å². The quantitative estimate of drug-likeness (QED) is 0.827. The van der Waals surface area contributed by atoms with Crippen LogP contribution in [0.25, 0.3) is 0 Å². The second-order valence-corrected chi connectivity index (χ2v) is 4.44. The van der Waals surface area contributed by atoms with Gasteiger partial charge in [-0.15, -0.1) is 12.4 Å². The van der Waals surface area contributed by atoms with Crippen LogP contribution in [0.2, 0.25) is 5.02 Å². The van der Waals surface area contributed by atoms with Crippen molar-refractivity contribution in [2.24, 2.45) is 5.73 Å². The zero-order valence-electron chi connectivity index (χ0n) is 8.94. The third-order valence-electron chi connectivity index (χ3n) is 2.10. The summed E-state index contributed by atoms with van der Waals surface area (Å²) in [6, 6.07) is 2.50. The van der Waals surface area contributed by atoms with Gasteiger partial charge in [0.2, 0.25) is 0 Å². The molecule has 1 atom stereocenters. The Kier molecular flexibility index (Phi) is 6.85. The second kappa shape index (κ2) is 7.06. The lowest BCUT2D eigenvalue weighted by molar-refractivity contribution is -0.141. The summed E-state index contributed by atoms with van der Waals surface area (Å²) in [7, 11) is 1.28. The summed E-state index contributed by atoms with van der Waals surface area (Å²) < 4.78 is 4.98. The Morgan fingerprint density at radius 2 is 2.24 bits per heavy atom. The second-order valence-electron chi connectivity index (χ2n) is 3.18. The third kappa shape index (κ3) is 4.03. The Hall–Kier alpha value is -0.490. The van der Waals surface area contributed by atoms with E-state index in [1.165, 1.54) is 7.11 Å². The Bertz CT molecular complexity index is 415. The number of ether oxygens (including phenoxy) is 1. The van der Waals surface area contributed by atoms with Crippen LogP contribution in [-0.2, 0) is 9.53 Å². The maximum Gasteiger partial charge on any atom is 0.307 e. The van der Waals surface area contributed by atoms with E-state index in [1.54, 1.807) is 12.1 Å². The zero-order valence-corrected chi connectivity index (χ0v) is 12.1. The first-order valence-corrected chi connectivity index (χ1v) is 5.63. The van der Waals surface area contributed by atoms with Crippen LogP contribution in [0.15, 0.2) is 16.6 Å². The molecular weight excluding hydrogens is 333 g/mol. The van der Waals surface area contributed by atoms with Gasteiger partial charge in [-0.1, -0.05) is 11.6 Å². The summed E-state index contributed by atoms with van der Waals surface area (Å²) in [6.07, 6.45) is -0.0414. The van der Waals surface area contributed by atoms with Crippen LogP contribution >= 0.6 is 39.9 Å². The Morgan fingerprint density at radius 3 is 2.76 bits per heavy atom. The minimum atomic E-state index is -0.697. The van der Waals surface area contributed by atoms with E-state index in [9.17, 15) is 9.90 Å². The molecule has 0 spiro atoms. The van der Waals surface area contributed by atoms with E-state index in [0.717, 1.165) is 0 Å². The fourth-order valence-corrected chi connectivity index (χ4v) is 1.91. The minimum Gasteiger partial charge on any atom is -0.506 e. The highest BCUT2D eigenvalue weighted by atomic mass is 79.9. The van der Waals surface area contributed by atoms with Gasteiger partial charge in [-0.25, -0.2) is 0 Å². The summed E-state index contributed by atoms with van der Waals surface area (Å²) in [5.41, 5.74) is 6.11. The van der Waals surface area contributed by atoms with E-state index in [0.29, 0.717) is 15.1 Å². The number of aromatic hydroxyl groups is 1. The van der Waals surface area contributed by atoms with Crippen molar-refractivity contribution >= 4 is 45.9 Å². The maximum absolute atomic E-state index is 11.1. The van der Waals surface area contributed by atoms with Crippen molar-refractivity contribution in [3.8, 4) is 5.75 Å². The molecule has 0 fully saturated rings. The van der Waals surface area contributed by atoms with Crippen LogP contribution in [-0.4, -0.2) is 18.2 Å². The molecule has 0 radical (unpaired) electrons. The van der Waals surface area contributed by atoms with Gasteiger partial charge in [-0.05, 0) is 28.1 Å². The number of carbonyl (C=O) groups excluding carboxylic acids is 1. The molecule has 0 amide bonds. The SMILES string of the molecule is COC(=O)C[C@@H](N)c1c(Cl)ccc(Br)c1O.Cl. The van der Waals surface area contributed by atoms with E-state index in [4.69, 9.17) is 17.3 Å². The summed E-state index contributed by atoms with van der Waals surface area (Å²) >= 11 is 9.06. The normalized spacial score (nSPS) is 11.5. The third-order valence-corrected chi connectivity index (χ3v) is 3.07. The van der Waals surface area contributed by atoms with Gasteiger partial charge in [0.05, 0.1) is 18.0 Å². The number of phenols is 1. The van der Waals surface area contributed by atoms with Crippen LogP contribution in [0.3, 0.4) is 0 Å². The highest BCUT2D eigenvalue weighted by Gasteiger charge is 2.20. The molecule has 0 unspecified atom stereocenters. The summed E-state index contributed by atoms with van der Waals surface area (Å²) in [4.78, 5) is 11.1. The number of carbonyl (C=O) groups is 1. The molecule has 0 aliphatic rings. The van der Waals surface area contributed by atoms with Crippen LogP contribution in [0.5, 0.6) is 5.75 Å². The topological polar surface area (TPSA) is 72.5 Å². The van der Waals surface area contributed by atoms with Gasteiger partial charge in [0.25, 0.3) is 0 Å². The van der Waals surface area contributed by atoms with E-state index < -0.39 is 12.0 Å². The molecule has 96 valence electrons. The molecule has 1 aromatic rings. The number of methoxy groups -OCH3 is 1. The van der Waals surface area contributed by atoms with Crippen LogP contribution in [0.1, 0.15) is 18.0 Å². The molecule has 0 saturated heterocycles. The molecule has 0 aromatic heterocycles. The molecular formula is C10H12BrCl2NO3. The highest BCUT2D eigenvalue weighted by Crippen LogP contribution is 2.37. The monoisotopic (exact) mass is 343 g/mol. The fourth-order valence-electron chi connectivity index (χ4n) is 1.27. The Morgan fingerprint density at radius 1 is 1.65 bits per heavy atom. The van der Waals surface area contributed by atoms with Crippen molar-refractivity contribution < 1.29 is 14.6 Å². The summed E-state index contributed by atoms with van der Waals surface area (Å²) in [5.74, 6) is -0.508. The summed E-state index contributed by atoms with van der Waals surface area (Å²) in [6.45, 7) is 0. The smallest absolute Gasteiger partial charge is 0.307 e. The number of benzene rings is 1. The van der Waals surface area contributed by atoms with Crippen molar-refractivity contribution in [1.82, 2.24) is 0 Å². The standard InChI is InChI=1S/C10H11BrClNO3.ClH/c1-16-8(14)4-7(13)9-6(12)3-2-5(11)10(9)15;/h2-3,7,15H,4,13H2,1H3;1H/t7-;/m1./s1. The first kappa shape index (κ1) is 16.5. The lowest BCUT2D eigenvalue weighted by Gasteiger charge is -2.15. The minimum absolute atomic E-state index is 0. The molecule has 0 bridgehead atoms. The molecule has 0 aliphatic heterocycles. The van der Waals surface area contributed by atoms with Crippen molar-refractivity contribution in [2.75, 3.05) is 7.11 Å². The van der Waals surface area contributed by atoms with E-state index in [2.05, 4.69) is 20.7 Å². The lowest BCUT2D eigenvalue weighted by atomic mass is 10.0. The zero-order chi connectivity index (χ0) is 12.3. The van der Waals surface area contributed by atoms with Gasteiger partial charge in [0.1, 0.15) is 5.75 Å². The Labute approximate surface area is 119 Å². The molecule has 1 rings (SSSR count). The van der Waals surface area contributed by atoms with Crippen molar-refractivity contribution in [3.05, 3.63) is 27.2 Å². The number of hydrogen-bond acceptors (Lipinski definition) is 4. The number of phenolic OH excluding ortho intramolecular Hbond substituents is 1. The highest BCUT2D eigenvalue weighted by molar-refractivity contribution is 9.10. The van der Waals surface area contributed by atoms with Crippen LogP contribution < -0.4 is 5.73 Å². The average Bonchev–Trinajstić information content (AvgIpc) is 2.24. The number of hydrogen-bond donors (Lipinski definition) is 2. The number of esters is 1. The van der Waals surface area contributed by atoms with Crippen LogP contribution in [0, 0.1) is 0 Å². The molecule has 17 heavy (non-hydrogen) atoms. The van der Waals surface area contributed by atoms with Gasteiger partial charge in [-0.2, -0.15) is 0 Å². The largest absolute Gasteiger partial charge is 0.506 e. The van der Waals surface area contributed by atoms with Crippen molar-refractivity contribution in [2.45, 2.75) is 12.5 Å². The molecule has 7 heteroatoms. The Balaban J connectivity index is 0.00000256. The first-order chi connectivity index (χ1) is 7.47. The maximum atomic E-state index is 11.1. The van der Waals surface area contributed by atoms with Gasteiger partial charge >= 0.3 is 5.97 Å². The van der Waals surface area contributed by atoms with Gasteiger partial charge < -0.3 is 15.6 Å². The van der Waals surface area contributed by atoms with Crippen molar-refractivity contribution in [3.63, 3.8) is 0 Å². The molecule has 3 N–H and O–H groups in total. The fraction of sp³-hybridized carbons (Fsp3) is 0.300. The number of rotatable bonds is 3. The van der Waals surface area contributed by atoms with Crippen LogP contribution in [0.4, 0.5) is 0 Å². The molecule has 0 saturated carbocycles. The van der Waals surface area contributed by atoms with Gasteiger partial charge in [-0.3, -0.25) is 4.79 Å². The molecule has 4 nitrogen and oxygen atoms in total. The lowest BCUT2D eigenvalue weighted by Crippen LogP contribution is -2.17. The molecule has 0 heterocycles. The van der Waals surface area contributed by atoms with Gasteiger partial charge in [0, 0.05) is 16.6 Å². The molecule has 1 aromatic carbocycles. The van der Waals surface area contributed by atoms with E-state index in [-0.39, 0.29) is 24.6 Å². The number of halogens is 3. The average molecular weight is 345 g/mol. The number of nitrogens with two attached hydrogens (primary N) is 1. The first-order valence-electron chi connectivity index (χ1n) is 4.46. The molecule has 0 aliphatic carbocycles. The predicted molar refractivity (Wildman–Crippen MR) is 71.6 cm³/mol. The summed E-state index contributed by atoms with van der Waals surface area (Å²) in [5, 5.41) is 10.1. The van der Waals surface area contributed by atoms with Gasteiger partial charge in [0.15, 0.2) is 0 Å². The predicted octanol–water partition coefficient (Wildman–Crippen LogP) is 2.79. The van der Waals surface area contributed by atoms with E-state index in [1.807, 2.05) is 0 Å².